The fourth-order valence-electron chi connectivity index (χ4n) is 2.36. The lowest BCUT2D eigenvalue weighted by Crippen LogP contribution is -2.36. The first-order chi connectivity index (χ1) is 10.2. The number of amides is 3. The Balaban J connectivity index is 2.63. The molecule has 0 bridgehead atoms. The standard InChI is InChI=1S/C15H24N2O5/c1-6-11(14(20)16(4)5)7-10(3)15(21)22-17-12(18)8-9(2)13(17)19/h9-11H,6-8H2,1-5H3. The minimum Gasteiger partial charge on any atom is -0.349 e. The first kappa shape index (κ1) is 18.1. The van der Waals surface area contributed by atoms with E-state index >= 15 is 0 Å². The van der Waals surface area contributed by atoms with Gasteiger partial charge in [0.05, 0.1) is 5.92 Å². The van der Waals surface area contributed by atoms with E-state index in [4.69, 9.17) is 4.84 Å². The van der Waals surface area contributed by atoms with Crippen LogP contribution in [-0.4, -0.2) is 47.7 Å². The van der Waals surface area contributed by atoms with Crippen LogP contribution in [0.1, 0.15) is 40.0 Å². The van der Waals surface area contributed by atoms with Crippen LogP contribution in [0.3, 0.4) is 0 Å². The van der Waals surface area contributed by atoms with E-state index in [2.05, 4.69) is 0 Å². The normalized spacial score (nSPS) is 20.8. The lowest BCUT2D eigenvalue weighted by Gasteiger charge is -2.22. The highest BCUT2D eigenvalue weighted by atomic mass is 16.7. The van der Waals surface area contributed by atoms with Crippen molar-refractivity contribution < 1.29 is 24.0 Å². The van der Waals surface area contributed by atoms with Gasteiger partial charge in [-0.2, -0.15) is 0 Å². The molecular weight excluding hydrogens is 288 g/mol. The van der Waals surface area contributed by atoms with Crippen LogP contribution in [0, 0.1) is 17.8 Å². The Labute approximate surface area is 130 Å². The molecule has 0 radical (unpaired) electrons. The number of hydrogen-bond acceptors (Lipinski definition) is 5. The summed E-state index contributed by atoms with van der Waals surface area (Å²) in [5.41, 5.74) is 0. The molecule has 3 unspecified atom stereocenters. The lowest BCUT2D eigenvalue weighted by molar-refractivity contribution is -0.201. The van der Waals surface area contributed by atoms with Gasteiger partial charge in [0.15, 0.2) is 0 Å². The van der Waals surface area contributed by atoms with Crippen LogP contribution in [0.25, 0.3) is 0 Å². The number of carbonyl (C=O) groups is 4. The minimum atomic E-state index is -0.666. The molecule has 1 rings (SSSR count). The average molecular weight is 312 g/mol. The van der Waals surface area contributed by atoms with Crippen molar-refractivity contribution in [2.24, 2.45) is 17.8 Å². The summed E-state index contributed by atoms with van der Waals surface area (Å²) in [6.07, 6.45) is 0.975. The van der Waals surface area contributed by atoms with Crippen LogP contribution in [0.15, 0.2) is 0 Å². The van der Waals surface area contributed by atoms with Crippen LogP contribution in [0.2, 0.25) is 0 Å². The summed E-state index contributed by atoms with van der Waals surface area (Å²) in [5.74, 6) is -3.05. The zero-order valence-electron chi connectivity index (χ0n) is 13.8. The van der Waals surface area contributed by atoms with E-state index < -0.39 is 29.6 Å². The highest BCUT2D eigenvalue weighted by Gasteiger charge is 2.39. The van der Waals surface area contributed by atoms with Crippen molar-refractivity contribution in [1.82, 2.24) is 9.96 Å². The lowest BCUT2D eigenvalue weighted by atomic mass is 9.92. The molecule has 22 heavy (non-hydrogen) atoms. The Morgan fingerprint density at radius 3 is 2.36 bits per heavy atom. The van der Waals surface area contributed by atoms with Crippen molar-refractivity contribution in [3.8, 4) is 0 Å². The summed E-state index contributed by atoms with van der Waals surface area (Å²) < 4.78 is 0. The second kappa shape index (κ2) is 7.38. The molecule has 3 amide bonds. The van der Waals surface area contributed by atoms with Crippen LogP contribution in [-0.2, 0) is 24.0 Å². The predicted molar refractivity (Wildman–Crippen MR) is 78.0 cm³/mol. The Kier molecular flexibility index (Phi) is 6.08. The molecule has 3 atom stereocenters. The molecule has 1 aliphatic heterocycles. The van der Waals surface area contributed by atoms with Gasteiger partial charge in [-0.05, 0) is 12.8 Å². The third kappa shape index (κ3) is 4.05. The molecule has 0 aromatic heterocycles. The quantitative estimate of drug-likeness (QED) is 0.683. The molecule has 0 N–H and O–H groups in total. The Bertz CT molecular complexity index is 475. The molecule has 0 aliphatic carbocycles. The van der Waals surface area contributed by atoms with Gasteiger partial charge in [0.25, 0.3) is 11.8 Å². The van der Waals surface area contributed by atoms with Crippen LogP contribution in [0.5, 0.6) is 0 Å². The molecular formula is C15H24N2O5. The second-order valence-electron chi connectivity index (χ2n) is 6.02. The van der Waals surface area contributed by atoms with Crippen molar-refractivity contribution in [3.05, 3.63) is 0 Å². The van der Waals surface area contributed by atoms with E-state index in [0.29, 0.717) is 17.9 Å². The van der Waals surface area contributed by atoms with Gasteiger partial charge in [-0.25, -0.2) is 4.79 Å². The number of nitrogens with zero attached hydrogens (tertiary/aromatic N) is 2. The van der Waals surface area contributed by atoms with E-state index in [1.54, 1.807) is 27.9 Å². The molecule has 0 aromatic carbocycles. The molecule has 0 spiro atoms. The van der Waals surface area contributed by atoms with E-state index in [1.165, 1.54) is 4.90 Å². The van der Waals surface area contributed by atoms with E-state index in [-0.39, 0.29) is 18.2 Å². The average Bonchev–Trinajstić information content (AvgIpc) is 2.69. The molecule has 124 valence electrons. The Morgan fingerprint density at radius 2 is 1.95 bits per heavy atom. The topological polar surface area (TPSA) is 84.0 Å². The number of carbonyl (C=O) groups excluding carboxylic acids is 4. The summed E-state index contributed by atoms with van der Waals surface area (Å²) in [5, 5.41) is 0.554. The van der Waals surface area contributed by atoms with Crippen molar-refractivity contribution >= 4 is 23.7 Å². The van der Waals surface area contributed by atoms with Crippen LogP contribution >= 0.6 is 0 Å². The van der Waals surface area contributed by atoms with E-state index in [0.717, 1.165) is 0 Å². The SMILES string of the molecule is CCC(CC(C)C(=O)ON1C(=O)CC(C)C1=O)C(=O)N(C)C. The van der Waals surface area contributed by atoms with Gasteiger partial charge in [-0.1, -0.05) is 20.8 Å². The zero-order valence-corrected chi connectivity index (χ0v) is 13.8. The maximum Gasteiger partial charge on any atom is 0.335 e. The third-order valence-electron chi connectivity index (χ3n) is 3.83. The fraction of sp³-hybridized carbons (Fsp3) is 0.733. The number of hydrogen-bond donors (Lipinski definition) is 0. The van der Waals surface area contributed by atoms with E-state index in [1.807, 2.05) is 6.92 Å². The summed E-state index contributed by atoms with van der Waals surface area (Å²) in [6, 6.07) is 0. The van der Waals surface area contributed by atoms with Gasteiger partial charge in [0.1, 0.15) is 0 Å². The molecule has 1 heterocycles. The largest absolute Gasteiger partial charge is 0.349 e. The van der Waals surface area contributed by atoms with Gasteiger partial charge >= 0.3 is 5.97 Å². The maximum atomic E-state index is 12.0. The molecule has 7 nitrogen and oxygen atoms in total. The van der Waals surface area contributed by atoms with Crippen molar-refractivity contribution in [2.75, 3.05) is 14.1 Å². The molecule has 7 heteroatoms. The van der Waals surface area contributed by atoms with Gasteiger partial charge in [0, 0.05) is 32.4 Å². The monoisotopic (exact) mass is 312 g/mol. The molecule has 0 saturated carbocycles. The second-order valence-corrected chi connectivity index (χ2v) is 6.02. The summed E-state index contributed by atoms with van der Waals surface area (Å²) in [6.45, 7) is 5.11. The maximum absolute atomic E-state index is 12.0. The smallest absolute Gasteiger partial charge is 0.335 e. The highest BCUT2D eigenvalue weighted by Crippen LogP contribution is 2.22. The van der Waals surface area contributed by atoms with Gasteiger partial charge < -0.3 is 9.74 Å². The van der Waals surface area contributed by atoms with Crippen LogP contribution in [0.4, 0.5) is 0 Å². The fourth-order valence-corrected chi connectivity index (χ4v) is 2.36. The number of rotatable bonds is 6. The zero-order chi connectivity index (χ0) is 17.0. The summed E-state index contributed by atoms with van der Waals surface area (Å²) in [7, 11) is 3.33. The predicted octanol–water partition coefficient (Wildman–Crippen LogP) is 0.980. The molecule has 1 saturated heterocycles. The Morgan fingerprint density at radius 1 is 1.36 bits per heavy atom. The van der Waals surface area contributed by atoms with Crippen LogP contribution < -0.4 is 0 Å². The Hall–Kier alpha value is -1.92. The minimum absolute atomic E-state index is 0.0518. The summed E-state index contributed by atoms with van der Waals surface area (Å²) >= 11 is 0. The number of imide groups is 1. The number of hydroxylamine groups is 2. The third-order valence-corrected chi connectivity index (χ3v) is 3.83. The van der Waals surface area contributed by atoms with Gasteiger partial charge in [-0.15, -0.1) is 5.06 Å². The molecule has 0 aromatic rings. The van der Waals surface area contributed by atoms with Crippen molar-refractivity contribution in [3.63, 3.8) is 0 Å². The summed E-state index contributed by atoms with van der Waals surface area (Å²) in [4.78, 5) is 53.8. The molecule has 1 aliphatic rings. The first-order valence-electron chi connectivity index (χ1n) is 7.48. The van der Waals surface area contributed by atoms with Gasteiger partial charge in [0.2, 0.25) is 5.91 Å². The molecule has 1 fully saturated rings. The van der Waals surface area contributed by atoms with Crippen molar-refractivity contribution in [1.29, 1.82) is 0 Å². The highest BCUT2D eigenvalue weighted by molar-refractivity contribution is 6.03. The first-order valence-corrected chi connectivity index (χ1v) is 7.48. The van der Waals surface area contributed by atoms with E-state index in [9.17, 15) is 19.2 Å². The van der Waals surface area contributed by atoms with Gasteiger partial charge in [-0.3, -0.25) is 14.4 Å². The van der Waals surface area contributed by atoms with Crippen molar-refractivity contribution in [2.45, 2.75) is 40.0 Å².